The number of halogens is 4. The van der Waals surface area contributed by atoms with Crippen LogP contribution in [0.25, 0.3) is 11.1 Å². The summed E-state index contributed by atoms with van der Waals surface area (Å²) in [5.74, 6) is 0. The predicted molar refractivity (Wildman–Crippen MR) is 67.8 cm³/mol. The van der Waals surface area contributed by atoms with Gasteiger partial charge < -0.3 is 5.11 Å². The second-order valence-corrected chi connectivity index (χ2v) is 4.45. The minimum absolute atomic E-state index is 0.148. The molecule has 0 atom stereocenters. The first-order valence-electron chi connectivity index (χ1n) is 5.49. The molecule has 0 aliphatic heterocycles. The lowest BCUT2D eigenvalue weighted by atomic mass is 10.0. The Kier molecular flexibility index (Phi) is 3.83. The maximum atomic E-state index is 12.5. The monoisotopic (exact) mass is 286 g/mol. The van der Waals surface area contributed by atoms with E-state index in [0.29, 0.717) is 21.7 Å². The lowest BCUT2D eigenvalue weighted by Gasteiger charge is -2.09. The molecule has 0 heterocycles. The summed E-state index contributed by atoms with van der Waals surface area (Å²) in [6, 6.07) is 9.69. The third-order valence-electron chi connectivity index (χ3n) is 2.74. The van der Waals surface area contributed by atoms with Crippen LogP contribution in [0.5, 0.6) is 0 Å². The van der Waals surface area contributed by atoms with Gasteiger partial charge >= 0.3 is 6.18 Å². The molecule has 0 spiro atoms. The van der Waals surface area contributed by atoms with Gasteiger partial charge in [-0.2, -0.15) is 13.2 Å². The number of hydrogen-bond acceptors (Lipinski definition) is 1. The number of aliphatic hydroxyl groups is 1. The Morgan fingerprint density at radius 2 is 1.63 bits per heavy atom. The molecule has 2 aromatic carbocycles. The van der Waals surface area contributed by atoms with Gasteiger partial charge in [0.15, 0.2) is 0 Å². The minimum atomic E-state index is -4.35. The Morgan fingerprint density at radius 3 is 2.16 bits per heavy atom. The highest BCUT2D eigenvalue weighted by Gasteiger charge is 2.30. The summed E-state index contributed by atoms with van der Waals surface area (Å²) in [5, 5.41) is 9.49. The smallest absolute Gasteiger partial charge is 0.392 e. The van der Waals surface area contributed by atoms with Crippen molar-refractivity contribution in [3.8, 4) is 11.1 Å². The second kappa shape index (κ2) is 5.23. The van der Waals surface area contributed by atoms with Crippen molar-refractivity contribution < 1.29 is 18.3 Å². The summed E-state index contributed by atoms with van der Waals surface area (Å²) < 4.78 is 37.4. The van der Waals surface area contributed by atoms with Crippen LogP contribution < -0.4 is 0 Å². The van der Waals surface area contributed by atoms with Crippen LogP contribution in [-0.2, 0) is 12.8 Å². The fourth-order valence-electron chi connectivity index (χ4n) is 1.73. The van der Waals surface area contributed by atoms with Gasteiger partial charge in [0.25, 0.3) is 0 Å². The van der Waals surface area contributed by atoms with E-state index in [1.807, 2.05) is 0 Å². The summed E-state index contributed by atoms with van der Waals surface area (Å²) in [4.78, 5) is 0. The lowest BCUT2D eigenvalue weighted by molar-refractivity contribution is -0.137. The molecule has 0 saturated carbocycles. The van der Waals surface area contributed by atoms with E-state index in [0.717, 1.165) is 12.1 Å². The van der Waals surface area contributed by atoms with Crippen molar-refractivity contribution >= 4 is 11.6 Å². The van der Waals surface area contributed by atoms with Crippen molar-refractivity contribution in [1.29, 1.82) is 0 Å². The van der Waals surface area contributed by atoms with Crippen LogP contribution in [0.1, 0.15) is 11.1 Å². The zero-order valence-electron chi connectivity index (χ0n) is 9.71. The van der Waals surface area contributed by atoms with Gasteiger partial charge in [0.2, 0.25) is 0 Å². The molecule has 0 saturated heterocycles. The number of aliphatic hydroxyl groups excluding tert-OH is 1. The fraction of sp³-hybridized carbons (Fsp3) is 0.143. The first kappa shape index (κ1) is 13.9. The molecule has 0 fully saturated rings. The zero-order chi connectivity index (χ0) is 14.0. The van der Waals surface area contributed by atoms with Crippen LogP contribution >= 0.6 is 11.6 Å². The quantitative estimate of drug-likeness (QED) is 0.861. The SMILES string of the molecule is OCc1ccc(Cl)c(-c2ccc(C(F)(F)F)cc2)c1. The molecule has 1 nitrogen and oxygen atoms in total. The predicted octanol–water partition coefficient (Wildman–Crippen LogP) is 4.52. The highest BCUT2D eigenvalue weighted by Crippen LogP contribution is 2.33. The summed E-state index contributed by atoms with van der Waals surface area (Å²) >= 11 is 6.01. The average Bonchev–Trinajstić information content (AvgIpc) is 2.38. The maximum Gasteiger partial charge on any atom is 0.416 e. The van der Waals surface area contributed by atoms with Crippen molar-refractivity contribution in [3.05, 3.63) is 58.6 Å². The highest BCUT2D eigenvalue weighted by atomic mass is 35.5. The molecule has 5 heteroatoms. The molecule has 0 aromatic heterocycles. The van der Waals surface area contributed by atoms with E-state index < -0.39 is 11.7 Å². The van der Waals surface area contributed by atoms with Gasteiger partial charge in [-0.3, -0.25) is 0 Å². The van der Waals surface area contributed by atoms with E-state index in [9.17, 15) is 13.2 Å². The van der Waals surface area contributed by atoms with E-state index in [-0.39, 0.29) is 6.61 Å². The Hall–Kier alpha value is -1.52. The molecule has 2 rings (SSSR count). The van der Waals surface area contributed by atoms with Gasteiger partial charge in [0, 0.05) is 10.6 Å². The lowest BCUT2D eigenvalue weighted by Crippen LogP contribution is -2.04. The number of rotatable bonds is 2. The van der Waals surface area contributed by atoms with Gasteiger partial charge in [-0.25, -0.2) is 0 Å². The van der Waals surface area contributed by atoms with Crippen LogP contribution in [0.2, 0.25) is 5.02 Å². The van der Waals surface area contributed by atoms with E-state index in [1.54, 1.807) is 18.2 Å². The summed E-state index contributed by atoms with van der Waals surface area (Å²) in [5.41, 5.74) is 1.13. The van der Waals surface area contributed by atoms with E-state index in [2.05, 4.69) is 0 Å². The molecule has 100 valence electrons. The molecular formula is C14H10ClF3O. The van der Waals surface area contributed by atoms with Gasteiger partial charge in [0.05, 0.1) is 12.2 Å². The third-order valence-corrected chi connectivity index (χ3v) is 3.07. The Morgan fingerprint density at radius 1 is 1.00 bits per heavy atom. The van der Waals surface area contributed by atoms with Gasteiger partial charge in [0.1, 0.15) is 0 Å². The Bertz CT molecular complexity index is 576. The van der Waals surface area contributed by atoms with Gasteiger partial charge in [-0.15, -0.1) is 0 Å². The third kappa shape index (κ3) is 3.08. The number of hydrogen-bond donors (Lipinski definition) is 1. The molecule has 0 amide bonds. The average molecular weight is 287 g/mol. The van der Waals surface area contributed by atoms with Crippen LogP contribution in [0.4, 0.5) is 13.2 Å². The Labute approximate surface area is 113 Å². The number of alkyl halides is 3. The van der Waals surface area contributed by atoms with Crippen molar-refractivity contribution in [2.24, 2.45) is 0 Å². The van der Waals surface area contributed by atoms with Gasteiger partial charge in [-0.05, 0) is 35.4 Å². The minimum Gasteiger partial charge on any atom is -0.392 e. The van der Waals surface area contributed by atoms with Crippen LogP contribution in [0, 0.1) is 0 Å². The summed E-state index contributed by atoms with van der Waals surface area (Å²) in [6.45, 7) is -0.148. The van der Waals surface area contributed by atoms with Crippen LogP contribution in [-0.4, -0.2) is 5.11 Å². The standard InChI is InChI=1S/C14H10ClF3O/c15-13-6-1-9(8-19)7-12(13)10-2-4-11(5-3-10)14(16,17)18/h1-7,19H,8H2. The van der Waals surface area contributed by atoms with Crippen molar-refractivity contribution in [1.82, 2.24) is 0 Å². The topological polar surface area (TPSA) is 20.2 Å². The molecule has 2 aromatic rings. The largest absolute Gasteiger partial charge is 0.416 e. The maximum absolute atomic E-state index is 12.5. The molecule has 0 radical (unpaired) electrons. The van der Waals surface area contributed by atoms with Gasteiger partial charge in [-0.1, -0.05) is 29.8 Å². The zero-order valence-corrected chi connectivity index (χ0v) is 10.5. The summed E-state index contributed by atoms with van der Waals surface area (Å²) in [6.07, 6.45) is -4.35. The first-order valence-corrected chi connectivity index (χ1v) is 5.86. The molecule has 0 aliphatic rings. The number of benzene rings is 2. The molecule has 0 aliphatic carbocycles. The van der Waals surface area contributed by atoms with E-state index in [1.165, 1.54) is 12.1 Å². The molecule has 19 heavy (non-hydrogen) atoms. The first-order chi connectivity index (χ1) is 8.91. The van der Waals surface area contributed by atoms with Crippen molar-refractivity contribution in [3.63, 3.8) is 0 Å². The van der Waals surface area contributed by atoms with E-state index in [4.69, 9.17) is 16.7 Å². The second-order valence-electron chi connectivity index (χ2n) is 4.05. The highest BCUT2D eigenvalue weighted by molar-refractivity contribution is 6.33. The van der Waals surface area contributed by atoms with Crippen molar-refractivity contribution in [2.45, 2.75) is 12.8 Å². The Balaban J connectivity index is 2.42. The fourth-order valence-corrected chi connectivity index (χ4v) is 1.96. The molecule has 1 N–H and O–H groups in total. The van der Waals surface area contributed by atoms with Crippen LogP contribution in [0.3, 0.4) is 0 Å². The van der Waals surface area contributed by atoms with E-state index >= 15 is 0 Å². The normalized spacial score (nSPS) is 11.6. The summed E-state index contributed by atoms with van der Waals surface area (Å²) in [7, 11) is 0. The molecule has 0 bridgehead atoms. The van der Waals surface area contributed by atoms with Crippen molar-refractivity contribution in [2.75, 3.05) is 0 Å². The molecular weight excluding hydrogens is 277 g/mol. The van der Waals surface area contributed by atoms with Crippen LogP contribution in [0.15, 0.2) is 42.5 Å². The molecule has 0 unspecified atom stereocenters.